The molecule has 1 aromatic rings. The van der Waals surface area contributed by atoms with Crippen LogP contribution in [0.3, 0.4) is 0 Å². The molecule has 4 heterocycles. The molecule has 29 heavy (non-hydrogen) atoms. The summed E-state index contributed by atoms with van der Waals surface area (Å²) in [5, 5.41) is 20.1. The van der Waals surface area contributed by atoms with E-state index in [-0.39, 0.29) is 35.8 Å². The maximum atomic E-state index is 13.9. The molecule has 2 atom stereocenters. The number of amidine groups is 1. The van der Waals surface area contributed by atoms with Crippen molar-refractivity contribution < 1.29 is 23.1 Å². The van der Waals surface area contributed by atoms with Crippen LogP contribution >= 0.6 is 0 Å². The summed E-state index contributed by atoms with van der Waals surface area (Å²) < 4.78 is 41.7. The van der Waals surface area contributed by atoms with Crippen molar-refractivity contribution in [3.8, 4) is 0 Å². The molecular weight excluding hydrogens is 387 g/mol. The minimum atomic E-state index is -4.99. The van der Waals surface area contributed by atoms with Crippen molar-refractivity contribution >= 4 is 17.9 Å². The SMILES string of the molecule is CC1=CCCC(N2CCC(c3[nH]nc4c3C(O)(C(F)(F)F)C(C=O)CN4)CC2)=N1. The molecule has 0 amide bonds. The van der Waals surface area contributed by atoms with Crippen LogP contribution in [0.1, 0.15) is 49.8 Å². The summed E-state index contributed by atoms with van der Waals surface area (Å²) in [5.41, 5.74) is -2.33. The summed E-state index contributed by atoms with van der Waals surface area (Å²) >= 11 is 0. The Bertz CT molecular complexity index is 855. The van der Waals surface area contributed by atoms with Crippen LogP contribution in [0.2, 0.25) is 0 Å². The average Bonchev–Trinajstić information content (AvgIpc) is 3.13. The van der Waals surface area contributed by atoms with Crippen LogP contribution in [0.5, 0.6) is 0 Å². The number of aromatic nitrogens is 2. The van der Waals surface area contributed by atoms with Crippen LogP contribution in [-0.2, 0) is 10.4 Å². The first-order valence-corrected chi connectivity index (χ1v) is 9.82. The maximum Gasteiger partial charge on any atom is 0.422 e. The van der Waals surface area contributed by atoms with Crippen molar-refractivity contribution in [3.05, 3.63) is 23.0 Å². The number of H-pyrrole nitrogens is 1. The van der Waals surface area contributed by atoms with Crippen molar-refractivity contribution in [1.29, 1.82) is 0 Å². The fourth-order valence-electron chi connectivity index (χ4n) is 4.57. The number of nitrogens with one attached hydrogen (secondary N) is 2. The number of likely N-dealkylation sites (tertiary alicyclic amines) is 1. The van der Waals surface area contributed by atoms with Crippen molar-refractivity contribution in [2.75, 3.05) is 25.0 Å². The Morgan fingerprint density at radius 2 is 2.07 bits per heavy atom. The Morgan fingerprint density at radius 3 is 2.69 bits per heavy atom. The van der Waals surface area contributed by atoms with E-state index < -0.39 is 17.7 Å². The van der Waals surface area contributed by atoms with Gasteiger partial charge in [-0.2, -0.15) is 18.3 Å². The van der Waals surface area contributed by atoms with Crippen molar-refractivity contribution in [2.24, 2.45) is 10.9 Å². The molecule has 3 N–H and O–H groups in total. The van der Waals surface area contributed by atoms with Crippen LogP contribution in [0.25, 0.3) is 0 Å². The van der Waals surface area contributed by atoms with E-state index in [0.29, 0.717) is 25.9 Å². The van der Waals surface area contributed by atoms with E-state index in [1.807, 2.05) is 6.92 Å². The molecule has 10 heteroatoms. The summed E-state index contributed by atoms with van der Waals surface area (Å²) in [6.45, 7) is 2.97. The van der Waals surface area contributed by atoms with Crippen LogP contribution in [0, 0.1) is 5.92 Å². The van der Waals surface area contributed by atoms with Gasteiger partial charge in [0.15, 0.2) is 5.82 Å². The monoisotopic (exact) mass is 411 g/mol. The number of aliphatic hydroxyl groups is 1. The molecule has 0 saturated carbocycles. The predicted octanol–water partition coefficient (Wildman–Crippen LogP) is 2.68. The summed E-state index contributed by atoms with van der Waals surface area (Å²) in [4.78, 5) is 18.1. The number of aldehydes is 1. The molecule has 0 spiro atoms. The molecule has 1 fully saturated rings. The smallest absolute Gasteiger partial charge is 0.376 e. The number of fused-ring (bicyclic) bond motifs is 1. The van der Waals surface area contributed by atoms with E-state index in [1.54, 1.807) is 0 Å². The first kappa shape index (κ1) is 19.9. The number of alkyl halides is 3. The van der Waals surface area contributed by atoms with E-state index in [1.165, 1.54) is 0 Å². The lowest BCUT2D eigenvalue weighted by Gasteiger charge is -2.40. The highest BCUT2D eigenvalue weighted by molar-refractivity contribution is 5.84. The first-order chi connectivity index (χ1) is 13.8. The van der Waals surface area contributed by atoms with Crippen LogP contribution in [0.15, 0.2) is 16.8 Å². The number of piperidine rings is 1. The third kappa shape index (κ3) is 3.23. The Kier molecular flexibility index (Phi) is 4.92. The maximum absolute atomic E-state index is 13.9. The van der Waals surface area contributed by atoms with Crippen molar-refractivity contribution in [3.63, 3.8) is 0 Å². The Labute approximate surface area is 166 Å². The number of hydrogen-bond acceptors (Lipinski definition) is 6. The van der Waals surface area contributed by atoms with Crippen LogP contribution < -0.4 is 5.32 Å². The molecule has 3 aliphatic rings. The third-order valence-electron chi connectivity index (χ3n) is 6.18. The van der Waals surface area contributed by atoms with Crippen molar-refractivity contribution in [1.82, 2.24) is 15.1 Å². The number of carbonyl (C=O) groups excluding carboxylic acids is 1. The molecule has 1 saturated heterocycles. The molecule has 0 aromatic carbocycles. The average molecular weight is 411 g/mol. The Balaban J connectivity index is 1.60. The van der Waals surface area contributed by atoms with E-state index in [9.17, 15) is 23.1 Å². The minimum Gasteiger partial charge on any atom is -0.376 e. The number of anilines is 1. The first-order valence-electron chi connectivity index (χ1n) is 9.82. The molecular formula is C19H24F3N5O2. The lowest BCUT2D eigenvalue weighted by atomic mass is 9.75. The number of allylic oxidation sites excluding steroid dienone is 2. The minimum absolute atomic E-state index is 0.0298. The van der Waals surface area contributed by atoms with Gasteiger partial charge in [0, 0.05) is 43.4 Å². The highest BCUT2D eigenvalue weighted by Gasteiger charge is 2.64. The highest BCUT2D eigenvalue weighted by atomic mass is 19.4. The van der Waals surface area contributed by atoms with Gasteiger partial charge < -0.3 is 20.1 Å². The zero-order chi connectivity index (χ0) is 20.8. The number of rotatable bonds is 2. The zero-order valence-corrected chi connectivity index (χ0v) is 16.1. The normalized spacial score (nSPS) is 28.3. The van der Waals surface area contributed by atoms with Gasteiger partial charge >= 0.3 is 6.18 Å². The van der Waals surface area contributed by atoms with Gasteiger partial charge in [0.2, 0.25) is 5.60 Å². The van der Waals surface area contributed by atoms with Gasteiger partial charge in [0.1, 0.15) is 12.1 Å². The van der Waals surface area contributed by atoms with Gasteiger partial charge in [0.25, 0.3) is 0 Å². The highest BCUT2D eigenvalue weighted by Crippen LogP contribution is 2.51. The van der Waals surface area contributed by atoms with Gasteiger partial charge in [-0.25, -0.2) is 4.99 Å². The number of hydrogen-bond donors (Lipinski definition) is 3. The molecule has 7 nitrogen and oxygen atoms in total. The van der Waals surface area contributed by atoms with Crippen LogP contribution in [-0.4, -0.2) is 58.1 Å². The molecule has 0 aliphatic carbocycles. The molecule has 4 rings (SSSR count). The van der Waals surface area contributed by atoms with Gasteiger partial charge in [-0.1, -0.05) is 6.08 Å². The fourth-order valence-corrected chi connectivity index (χ4v) is 4.57. The molecule has 0 radical (unpaired) electrons. The van der Waals surface area contributed by atoms with Gasteiger partial charge in [-0.15, -0.1) is 0 Å². The second kappa shape index (κ2) is 7.16. The quantitative estimate of drug-likeness (QED) is 0.651. The number of halogens is 3. The molecule has 1 aromatic heterocycles. The van der Waals surface area contributed by atoms with Crippen LogP contribution in [0.4, 0.5) is 19.0 Å². The number of aliphatic imine (C=N–C) groups is 1. The van der Waals surface area contributed by atoms with Gasteiger partial charge in [0.05, 0.1) is 11.5 Å². The van der Waals surface area contributed by atoms with Gasteiger partial charge in [-0.05, 0) is 26.2 Å². The molecule has 158 valence electrons. The second-order valence-electron chi connectivity index (χ2n) is 7.92. The number of nitrogens with zero attached hydrogens (tertiary/aromatic N) is 3. The van der Waals surface area contributed by atoms with Gasteiger partial charge in [-0.3, -0.25) is 5.10 Å². The zero-order valence-electron chi connectivity index (χ0n) is 16.1. The second-order valence-corrected chi connectivity index (χ2v) is 7.92. The lowest BCUT2D eigenvalue weighted by molar-refractivity contribution is -0.281. The van der Waals surface area contributed by atoms with E-state index in [0.717, 1.165) is 24.4 Å². The summed E-state index contributed by atoms with van der Waals surface area (Å²) in [7, 11) is 0. The summed E-state index contributed by atoms with van der Waals surface area (Å²) in [6.07, 6.45) is 0.277. The largest absolute Gasteiger partial charge is 0.422 e. The Hall–Kier alpha value is -2.36. The van der Waals surface area contributed by atoms with E-state index in [2.05, 4.69) is 31.5 Å². The van der Waals surface area contributed by atoms with E-state index >= 15 is 0 Å². The fraction of sp³-hybridized carbons (Fsp3) is 0.632. The molecule has 3 aliphatic heterocycles. The van der Waals surface area contributed by atoms with Crippen molar-refractivity contribution in [2.45, 2.75) is 50.3 Å². The van der Waals surface area contributed by atoms with E-state index in [4.69, 9.17) is 0 Å². The number of carbonyl (C=O) groups is 1. The standard InChI is InChI=1S/C19H24F3N5O2/c1-11-3-2-4-14(24-11)27-7-5-12(6-8-27)16-15-17(26-25-16)23-9-13(10-28)18(15,29)19(20,21)22/h3,10,12-13,29H,2,4-9H2,1H3,(H2,23,25,26). The summed E-state index contributed by atoms with van der Waals surface area (Å²) in [5.74, 6) is -0.857. The lowest BCUT2D eigenvalue weighted by Crippen LogP contribution is -2.54. The molecule has 2 unspecified atom stereocenters. The Morgan fingerprint density at radius 1 is 1.34 bits per heavy atom. The molecule has 0 bridgehead atoms. The predicted molar refractivity (Wildman–Crippen MR) is 101 cm³/mol. The topological polar surface area (TPSA) is 93.6 Å². The summed E-state index contributed by atoms with van der Waals surface area (Å²) in [6, 6.07) is 0. The number of aromatic amines is 1. The third-order valence-corrected chi connectivity index (χ3v) is 6.18.